The molecule has 0 spiro atoms. The van der Waals surface area contributed by atoms with Crippen LogP contribution in [0.1, 0.15) is 34.6 Å². The minimum absolute atomic E-state index is 0.0605. The van der Waals surface area contributed by atoms with Crippen LogP contribution in [-0.2, 0) is 33.2 Å². The van der Waals surface area contributed by atoms with Crippen LogP contribution in [0.15, 0.2) is 0 Å². The summed E-state index contributed by atoms with van der Waals surface area (Å²) in [6.45, 7) is 13.4. The molecule has 0 rings (SSSR count). The smallest absolute Gasteiger partial charge is 0.332 e. The minimum atomic E-state index is -0.487. The molecule has 0 atom stereocenters. The first kappa shape index (κ1) is 23.3. The Morgan fingerprint density at radius 3 is 1.58 bits per heavy atom. The molecule has 7 nitrogen and oxygen atoms in total. The molecule has 0 amide bonds. The third-order valence-corrected chi connectivity index (χ3v) is 2.43. The van der Waals surface area contributed by atoms with Gasteiger partial charge in [-0.25, -0.2) is 4.79 Å². The first-order chi connectivity index (χ1) is 11.3. The van der Waals surface area contributed by atoms with E-state index in [0.29, 0.717) is 52.9 Å². The Balaban J connectivity index is 3.17. The maximum atomic E-state index is 11.4. The topological polar surface area (TPSA) is 72.5 Å². The molecule has 144 valence electrons. The maximum Gasteiger partial charge on any atom is 0.332 e. The Labute approximate surface area is 145 Å². The summed E-state index contributed by atoms with van der Waals surface area (Å²) in [5, 5.41) is 0. The van der Waals surface area contributed by atoms with Crippen LogP contribution in [0.2, 0.25) is 0 Å². The van der Waals surface area contributed by atoms with Crippen molar-refractivity contribution in [1.29, 1.82) is 0 Å². The quantitative estimate of drug-likeness (QED) is 0.329. The summed E-state index contributed by atoms with van der Waals surface area (Å²) < 4.78 is 31.7. The Bertz CT molecular complexity index is 300. The van der Waals surface area contributed by atoms with Crippen molar-refractivity contribution in [3.63, 3.8) is 0 Å². The molecular formula is C17H34O7. The third kappa shape index (κ3) is 19.3. The van der Waals surface area contributed by atoms with Gasteiger partial charge in [-0.2, -0.15) is 0 Å². The van der Waals surface area contributed by atoms with Gasteiger partial charge in [0.15, 0.2) is 0 Å². The molecule has 0 unspecified atom stereocenters. The summed E-state index contributed by atoms with van der Waals surface area (Å²) in [5.74, 6) is -0.371. The molecule has 0 bridgehead atoms. The second-order valence-corrected chi connectivity index (χ2v) is 6.40. The zero-order valence-electron chi connectivity index (χ0n) is 15.8. The van der Waals surface area contributed by atoms with Crippen molar-refractivity contribution in [3.8, 4) is 0 Å². The molecule has 7 heteroatoms. The van der Waals surface area contributed by atoms with Crippen LogP contribution < -0.4 is 0 Å². The molecule has 0 aromatic carbocycles. The average Bonchev–Trinajstić information content (AvgIpc) is 2.45. The van der Waals surface area contributed by atoms with E-state index in [9.17, 15) is 4.79 Å². The Morgan fingerprint density at radius 2 is 1.17 bits per heavy atom. The van der Waals surface area contributed by atoms with Crippen LogP contribution in [0, 0.1) is 0 Å². The van der Waals surface area contributed by atoms with Gasteiger partial charge < -0.3 is 28.4 Å². The first-order valence-electron chi connectivity index (χ1n) is 8.45. The van der Waals surface area contributed by atoms with Gasteiger partial charge in [-0.05, 0) is 34.6 Å². The lowest BCUT2D eigenvalue weighted by Crippen LogP contribution is -2.27. The van der Waals surface area contributed by atoms with Gasteiger partial charge in [0.2, 0.25) is 0 Å². The lowest BCUT2D eigenvalue weighted by Gasteiger charge is -2.19. The van der Waals surface area contributed by atoms with Crippen LogP contribution in [0.3, 0.4) is 0 Å². The number of rotatable bonds is 15. The van der Waals surface area contributed by atoms with E-state index in [0.717, 1.165) is 0 Å². The summed E-state index contributed by atoms with van der Waals surface area (Å²) >= 11 is 0. The molecule has 0 radical (unpaired) electrons. The SMILES string of the molecule is CC(C)OCCOCCOCCOCCOCC(=O)OC(C)(C)C. The lowest BCUT2D eigenvalue weighted by molar-refractivity contribution is -0.160. The van der Waals surface area contributed by atoms with E-state index in [-0.39, 0.29) is 18.7 Å². The summed E-state index contributed by atoms with van der Waals surface area (Å²) in [5.41, 5.74) is -0.487. The second kappa shape index (κ2) is 14.6. The van der Waals surface area contributed by atoms with Crippen molar-refractivity contribution in [2.45, 2.75) is 46.3 Å². The van der Waals surface area contributed by atoms with Crippen LogP contribution in [0.25, 0.3) is 0 Å². The average molecular weight is 350 g/mol. The predicted molar refractivity (Wildman–Crippen MR) is 90.2 cm³/mol. The van der Waals surface area contributed by atoms with Crippen molar-refractivity contribution >= 4 is 5.97 Å². The molecule has 0 aromatic rings. The van der Waals surface area contributed by atoms with Gasteiger partial charge in [0.1, 0.15) is 12.2 Å². The standard InChI is InChI=1S/C17H34O7/c1-15(2)23-13-12-21-9-8-19-6-7-20-10-11-22-14-16(18)24-17(3,4)5/h15H,6-14H2,1-5H3. The fraction of sp³-hybridized carbons (Fsp3) is 0.941. The van der Waals surface area contributed by atoms with Gasteiger partial charge in [-0.15, -0.1) is 0 Å². The highest BCUT2D eigenvalue weighted by molar-refractivity contribution is 5.71. The summed E-state index contributed by atoms with van der Waals surface area (Å²) in [6.07, 6.45) is 0.232. The molecule has 0 saturated heterocycles. The summed E-state index contributed by atoms with van der Waals surface area (Å²) in [6, 6.07) is 0. The van der Waals surface area contributed by atoms with Gasteiger partial charge in [0.05, 0.1) is 59.0 Å². The number of carbonyl (C=O) groups is 1. The molecule has 0 saturated carbocycles. The minimum Gasteiger partial charge on any atom is -0.458 e. The van der Waals surface area contributed by atoms with Crippen molar-refractivity contribution in [2.24, 2.45) is 0 Å². The largest absolute Gasteiger partial charge is 0.458 e. The van der Waals surface area contributed by atoms with Crippen LogP contribution >= 0.6 is 0 Å². The number of carbonyl (C=O) groups excluding carboxylic acids is 1. The fourth-order valence-corrected chi connectivity index (χ4v) is 1.53. The van der Waals surface area contributed by atoms with E-state index in [1.165, 1.54) is 0 Å². The molecule has 0 aliphatic carbocycles. The van der Waals surface area contributed by atoms with E-state index in [1.807, 2.05) is 34.6 Å². The second-order valence-electron chi connectivity index (χ2n) is 6.40. The third-order valence-electron chi connectivity index (χ3n) is 2.43. The maximum absolute atomic E-state index is 11.4. The number of hydrogen-bond acceptors (Lipinski definition) is 7. The van der Waals surface area contributed by atoms with E-state index in [1.54, 1.807) is 0 Å². The normalized spacial score (nSPS) is 11.9. The van der Waals surface area contributed by atoms with E-state index < -0.39 is 5.60 Å². The van der Waals surface area contributed by atoms with E-state index in [2.05, 4.69) is 0 Å². The zero-order valence-corrected chi connectivity index (χ0v) is 15.8. The number of hydrogen-bond donors (Lipinski definition) is 0. The predicted octanol–water partition coefficient (Wildman–Crippen LogP) is 1.82. The molecule has 0 fully saturated rings. The van der Waals surface area contributed by atoms with Gasteiger partial charge >= 0.3 is 5.97 Å². The summed E-state index contributed by atoms with van der Waals surface area (Å²) in [4.78, 5) is 11.4. The lowest BCUT2D eigenvalue weighted by atomic mass is 10.2. The molecule has 0 heterocycles. The fourth-order valence-electron chi connectivity index (χ4n) is 1.53. The molecule has 24 heavy (non-hydrogen) atoms. The summed E-state index contributed by atoms with van der Waals surface area (Å²) in [7, 11) is 0. The highest BCUT2D eigenvalue weighted by Crippen LogP contribution is 2.06. The highest BCUT2D eigenvalue weighted by Gasteiger charge is 2.15. The molecule has 0 N–H and O–H groups in total. The molecule has 0 aliphatic heterocycles. The van der Waals surface area contributed by atoms with Gasteiger partial charge in [0, 0.05) is 0 Å². The van der Waals surface area contributed by atoms with Crippen molar-refractivity contribution in [1.82, 2.24) is 0 Å². The van der Waals surface area contributed by atoms with Crippen LogP contribution in [0.4, 0.5) is 0 Å². The van der Waals surface area contributed by atoms with Crippen molar-refractivity contribution in [2.75, 3.05) is 59.5 Å². The van der Waals surface area contributed by atoms with Crippen LogP contribution in [-0.4, -0.2) is 77.1 Å². The number of esters is 1. The van der Waals surface area contributed by atoms with Gasteiger partial charge in [0.25, 0.3) is 0 Å². The van der Waals surface area contributed by atoms with Gasteiger partial charge in [-0.3, -0.25) is 0 Å². The van der Waals surface area contributed by atoms with Crippen LogP contribution in [0.5, 0.6) is 0 Å². The van der Waals surface area contributed by atoms with Crippen molar-refractivity contribution < 1.29 is 33.2 Å². The molecular weight excluding hydrogens is 316 g/mol. The highest BCUT2D eigenvalue weighted by atomic mass is 16.6. The molecule has 0 aliphatic rings. The Hall–Kier alpha value is -0.730. The number of ether oxygens (including phenoxy) is 6. The van der Waals surface area contributed by atoms with E-state index in [4.69, 9.17) is 28.4 Å². The van der Waals surface area contributed by atoms with Gasteiger partial charge in [-0.1, -0.05) is 0 Å². The monoisotopic (exact) mass is 350 g/mol. The molecule has 0 aromatic heterocycles. The van der Waals surface area contributed by atoms with E-state index >= 15 is 0 Å². The Kier molecular flexibility index (Phi) is 14.2. The van der Waals surface area contributed by atoms with Crippen molar-refractivity contribution in [3.05, 3.63) is 0 Å². The first-order valence-corrected chi connectivity index (χ1v) is 8.45. The Morgan fingerprint density at radius 1 is 0.750 bits per heavy atom. The zero-order chi connectivity index (χ0) is 18.3.